The van der Waals surface area contributed by atoms with E-state index in [9.17, 15) is 0 Å². The van der Waals surface area contributed by atoms with E-state index in [1.807, 2.05) is 0 Å². The van der Waals surface area contributed by atoms with Crippen molar-refractivity contribution in [1.29, 1.82) is 0 Å². The van der Waals surface area contributed by atoms with Crippen molar-refractivity contribution in [2.24, 2.45) is 0 Å². The highest BCUT2D eigenvalue weighted by Crippen LogP contribution is 2.45. The molecule has 1 aliphatic rings. The monoisotopic (exact) mass is 306 g/mol. The lowest BCUT2D eigenvalue weighted by Gasteiger charge is -2.34. The van der Waals surface area contributed by atoms with Crippen molar-refractivity contribution in [3.05, 3.63) is 59.2 Å². The lowest BCUT2D eigenvalue weighted by molar-refractivity contribution is 0.348. The van der Waals surface area contributed by atoms with Crippen LogP contribution >= 0.6 is 0 Å². The molecule has 3 rings (SSSR count). The largest absolute Gasteiger partial charge is 0.0654 e. The van der Waals surface area contributed by atoms with Gasteiger partial charge in [0.25, 0.3) is 0 Å². The molecule has 0 heterocycles. The molecule has 0 spiro atoms. The first-order valence-electron chi connectivity index (χ1n) is 9.46. The molecular formula is C23H30. The third-order valence-electron chi connectivity index (χ3n) is 6.03. The van der Waals surface area contributed by atoms with Crippen molar-refractivity contribution in [2.75, 3.05) is 0 Å². The fourth-order valence-electron chi connectivity index (χ4n) is 4.49. The molecule has 0 heteroatoms. The molecule has 0 aliphatic heterocycles. The predicted octanol–water partition coefficient (Wildman–Crippen LogP) is 6.90. The molecule has 0 amide bonds. The van der Waals surface area contributed by atoms with Crippen LogP contribution in [0.2, 0.25) is 0 Å². The van der Waals surface area contributed by atoms with Crippen LogP contribution in [0.3, 0.4) is 0 Å². The van der Waals surface area contributed by atoms with Gasteiger partial charge in [0.2, 0.25) is 0 Å². The molecule has 0 fully saturated rings. The smallest absolute Gasteiger partial charge is 0.00105 e. The van der Waals surface area contributed by atoms with Crippen LogP contribution in [0.1, 0.15) is 76.0 Å². The van der Waals surface area contributed by atoms with Gasteiger partial charge in [0.05, 0.1) is 0 Å². The van der Waals surface area contributed by atoms with Gasteiger partial charge in [-0.15, -0.1) is 0 Å². The van der Waals surface area contributed by atoms with E-state index >= 15 is 0 Å². The summed E-state index contributed by atoms with van der Waals surface area (Å²) in [6.07, 6.45) is 8.98. The molecule has 122 valence electrons. The normalized spacial score (nSPS) is 13.0. The number of hydrogen-bond donors (Lipinski definition) is 0. The van der Waals surface area contributed by atoms with Crippen LogP contribution < -0.4 is 0 Å². The Morgan fingerprint density at radius 2 is 1.57 bits per heavy atom. The molecule has 2 aromatic rings. The Morgan fingerprint density at radius 3 is 2.30 bits per heavy atom. The molecule has 0 radical (unpaired) electrons. The highest BCUT2D eigenvalue weighted by molar-refractivity contribution is 5.78. The summed E-state index contributed by atoms with van der Waals surface area (Å²) >= 11 is 0. The summed E-state index contributed by atoms with van der Waals surface area (Å²) < 4.78 is 0. The number of hydrogen-bond acceptors (Lipinski definition) is 0. The zero-order valence-corrected chi connectivity index (χ0v) is 15.0. The quantitative estimate of drug-likeness (QED) is 0.417. The first kappa shape index (κ1) is 16.3. The summed E-state index contributed by atoms with van der Waals surface area (Å²) in [5.74, 6) is 0. The molecule has 0 saturated carbocycles. The molecule has 0 aromatic heterocycles. The Morgan fingerprint density at radius 1 is 0.826 bits per heavy atom. The molecule has 23 heavy (non-hydrogen) atoms. The van der Waals surface area contributed by atoms with E-state index in [0.717, 1.165) is 6.42 Å². The third-order valence-corrected chi connectivity index (χ3v) is 6.03. The van der Waals surface area contributed by atoms with Crippen molar-refractivity contribution in [3.8, 4) is 11.1 Å². The van der Waals surface area contributed by atoms with Gasteiger partial charge in [0, 0.05) is 0 Å². The molecule has 0 unspecified atom stereocenters. The van der Waals surface area contributed by atoms with Crippen LogP contribution in [0.15, 0.2) is 42.5 Å². The van der Waals surface area contributed by atoms with Gasteiger partial charge in [-0.25, -0.2) is 0 Å². The average Bonchev–Trinajstić information content (AvgIpc) is 2.98. The summed E-state index contributed by atoms with van der Waals surface area (Å²) in [7, 11) is 0. The number of rotatable bonds is 7. The molecule has 0 N–H and O–H groups in total. The predicted molar refractivity (Wildman–Crippen MR) is 101 cm³/mol. The summed E-state index contributed by atoms with van der Waals surface area (Å²) in [4.78, 5) is 0. The fourth-order valence-corrected chi connectivity index (χ4v) is 4.49. The molecule has 1 aliphatic carbocycles. The Hall–Kier alpha value is -1.56. The molecule has 2 aromatic carbocycles. The SMILES string of the molecule is CCCCCC(CC)(CC)c1cccc2c1Cc1ccccc1-2. The average molecular weight is 306 g/mol. The second-order valence-electron chi connectivity index (χ2n) is 7.11. The standard InChI is InChI=1S/C23H30/c1-4-7-10-16-23(5-2,6-3)22-15-11-14-20-19-13-9-8-12-18(19)17-21(20)22/h8-9,11-15H,4-7,10,16-17H2,1-3H3. The minimum absolute atomic E-state index is 0.364. The van der Waals surface area contributed by atoms with E-state index < -0.39 is 0 Å². The minimum Gasteiger partial charge on any atom is -0.0654 e. The van der Waals surface area contributed by atoms with Gasteiger partial charge in [-0.2, -0.15) is 0 Å². The number of benzene rings is 2. The van der Waals surface area contributed by atoms with Crippen molar-refractivity contribution < 1.29 is 0 Å². The van der Waals surface area contributed by atoms with E-state index in [1.165, 1.54) is 55.2 Å². The summed E-state index contributed by atoms with van der Waals surface area (Å²) in [5, 5.41) is 0. The molecular weight excluding hydrogens is 276 g/mol. The van der Waals surface area contributed by atoms with Gasteiger partial charge < -0.3 is 0 Å². The Kier molecular flexibility index (Phi) is 4.90. The lowest BCUT2D eigenvalue weighted by atomic mass is 9.70. The van der Waals surface area contributed by atoms with Gasteiger partial charge in [-0.3, -0.25) is 0 Å². The van der Waals surface area contributed by atoms with Gasteiger partial charge in [-0.1, -0.05) is 82.5 Å². The zero-order valence-electron chi connectivity index (χ0n) is 15.0. The second-order valence-corrected chi connectivity index (χ2v) is 7.11. The number of fused-ring (bicyclic) bond motifs is 3. The Balaban J connectivity index is 2.03. The molecule has 0 bridgehead atoms. The molecule has 0 atom stereocenters. The minimum atomic E-state index is 0.364. The lowest BCUT2D eigenvalue weighted by Crippen LogP contribution is -2.26. The van der Waals surface area contributed by atoms with Crippen molar-refractivity contribution in [3.63, 3.8) is 0 Å². The van der Waals surface area contributed by atoms with Gasteiger partial charge >= 0.3 is 0 Å². The van der Waals surface area contributed by atoms with Crippen LogP contribution in [0, 0.1) is 0 Å². The highest BCUT2D eigenvalue weighted by atomic mass is 14.4. The molecule has 0 saturated heterocycles. The van der Waals surface area contributed by atoms with E-state index in [0.29, 0.717) is 5.41 Å². The van der Waals surface area contributed by atoms with Crippen LogP contribution in [-0.4, -0.2) is 0 Å². The van der Waals surface area contributed by atoms with E-state index in [4.69, 9.17) is 0 Å². The van der Waals surface area contributed by atoms with Crippen molar-refractivity contribution in [2.45, 2.75) is 71.1 Å². The Labute approximate surface area is 141 Å². The van der Waals surface area contributed by atoms with Crippen LogP contribution in [0.25, 0.3) is 11.1 Å². The highest BCUT2D eigenvalue weighted by Gasteiger charge is 2.33. The maximum atomic E-state index is 2.42. The van der Waals surface area contributed by atoms with E-state index in [2.05, 4.69) is 63.2 Å². The van der Waals surface area contributed by atoms with Gasteiger partial charge in [0.1, 0.15) is 0 Å². The first-order chi connectivity index (χ1) is 11.3. The Bertz CT molecular complexity index is 661. The summed E-state index contributed by atoms with van der Waals surface area (Å²) in [5.41, 5.74) is 8.05. The maximum Gasteiger partial charge on any atom is -0.00105 e. The zero-order chi connectivity index (χ0) is 16.3. The third kappa shape index (κ3) is 2.84. The van der Waals surface area contributed by atoms with Crippen molar-refractivity contribution >= 4 is 0 Å². The first-order valence-corrected chi connectivity index (χ1v) is 9.46. The number of unbranched alkanes of at least 4 members (excludes halogenated alkanes) is 2. The van der Waals surface area contributed by atoms with Gasteiger partial charge in [0.15, 0.2) is 0 Å². The maximum absolute atomic E-state index is 2.42. The molecule has 0 nitrogen and oxygen atoms in total. The van der Waals surface area contributed by atoms with E-state index in [-0.39, 0.29) is 0 Å². The van der Waals surface area contributed by atoms with Crippen LogP contribution in [0.5, 0.6) is 0 Å². The fraction of sp³-hybridized carbons (Fsp3) is 0.478. The topological polar surface area (TPSA) is 0 Å². The van der Waals surface area contributed by atoms with Crippen LogP contribution in [-0.2, 0) is 11.8 Å². The van der Waals surface area contributed by atoms with Crippen LogP contribution in [0.4, 0.5) is 0 Å². The van der Waals surface area contributed by atoms with Crippen molar-refractivity contribution in [1.82, 2.24) is 0 Å². The van der Waals surface area contributed by atoms with Gasteiger partial charge in [-0.05, 0) is 58.9 Å². The second kappa shape index (κ2) is 6.91. The summed E-state index contributed by atoms with van der Waals surface area (Å²) in [6.45, 7) is 7.07. The summed E-state index contributed by atoms with van der Waals surface area (Å²) in [6, 6.07) is 16.0. The van der Waals surface area contributed by atoms with E-state index in [1.54, 1.807) is 11.1 Å².